The summed E-state index contributed by atoms with van der Waals surface area (Å²) in [7, 11) is 0. The molecule has 0 N–H and O–H groups in total. The number of hydrogen-bond acceptors (Lipinski definition) is 4. The highest BCUT2D eigenvalue weighted by Crippen LogP contribution is 2.22. The van der Waals surface area contributed by atoms with E-state index in [1.165, 1.54) is 0 Å². The van der Waals surface area contributed by atoms with Crippen molar-refractivity contribution in [3.8, 4) is 33.8 Å². The fourth-order valence-corrected chi connectivity index (χ4v) is 2.48. The van der Waals surface area contributed by atoms with Crippen LogP contribution in [0.2, 0.25) is 0 Å². The summed E-state index contributed by atoms with van der Waals surface area (Å²) in [4.78, 5) is 17.5. The molecule has 4 heterocycles. The Labute approximate surface area is 139 Å². The van der Waals surface area contributed by atoms with Gasteiger partial charge in [0, 0.05) is 47.7 Å². The van der Waals surface area contributed by atoms with Crippen LogP contribution in [0.4, 0.5) is 0 Å². The maximum absolute atomic E-state index is 4.54. The molecule has 24 heavy (non-hydrogen) atoms. The number of pyridine rings is 4. The third kappa shape index (κ3) is 2.90. The summed E-state index contributed by atoms with van der Waals surface area (Å²) in [6.45, 7) is 0. The van der Waals surface area contributed by atoms with Crippen molar-refractivity contribution in [2.75, 3.05) is 0 Å². The highest BCUT2D eigenvalue weighted by atomic mass is 14.7. The van der Waals surface area contributed by atoms with Crippen LogP contribution in [0.15, 0.2) is 85.6 Å². The van der Waals surface area contributed by atoms with E-state index in [9.17, 15) is 0 Å². The third-order valence-corrected chi connectivity index (χ3v) is 3.74. The van der Waals surface area contributed by atoms with Crippen LogP contribution < -0.4 is 0 Å². The number of hydrogen-bond donors (Lipinski definition) is 0. The lowest BCUT2D eigenvalue weighted by molar-refractivity contribution is 1.25. The first-order valence-corrected chi connectivity index (χ1v) is 7.64. The van der Waals surface area contributed by atoms with Crippen molar-refractivity contribution < 1.29 is 0 Å². The van der Waals surface area contributed by atoms with E-state index in [-0.39, 0.29) is 0 Å². The standard InChI is InChI=1S/C20H14N4/c1-2-11-22-18(5-1)16-6-9-20(24-13-16)17-7-8-19(23-14-17)15-4-3-10-21-12-15/h1-14H. The molecular formula is C20H14N4. The van der Waals surface area contributed by atoms with Crippen molar-refractivity contribution in [2.45, 2.75) is 0 Å². The zero-order chi connectivity index (χ0) is 16.2. The maximum atomic E-state index is 4.54. The second-order valence-corrected chi connectivity index (χ2v) is 5.32. The molecule has 0 spiro atoms. The molecule has 4 rings (SSSR count). The Balaban J connectivity index is 1.60. The van der Waals surface area contributed by atoms with Gasteiger partial charge >= 0.3 is 0 Å². The van der Waals surface area contributed by atoms with Crippen LogP contribution >= 0.6 is 0 Å². The minimum absolute atomic E-state index is 0.889. The smallest absolute Gasteiger partial charge is 0.0717 e. The molecule has 0 aliphatic carbocycles. The number of aromatic nitrogens is 4. The summed E-state index contributed by atoms with van der Waals surface area (Å²) in [6, 6.07) is 17.8. The van der Waals surface area contributed by atoms with Gasteiger partial charge in [0.05, 0.1) is 17.1 Å². The highest BCUT2D eigenvalue weighted by Gasteiger charge is 2.04. The Morgan fingerprint density at radius 3 is 1.62 bits per heavy atom. The molecule has 4 heteroatoms. The van der Waals surface area contributed by atoms with Crippen molar-refractivity contribution in [3.63, 3.8) is 0 Å². The highest BCUT2D eigenvalue weighted by molar-refractivity contribution is 5.66. The van der Waals surface area contributed by atoms with Gasteiger partial charge in [-0.15, -0.1) is 0 Å². The van der Waals surface area contributed by atoms with Crippen LogP contribution in [-0.4, -0.2) is 19.9 Å². The average molecular weight is 310 g/mol. The predicted molar refractivity (Wildman–Crippen MR) is 93.9 cm³/mol. The molecule has 0 aliphatic heterocycles. The molecular weight excluding hydrogens is 296 g/mol. The Hall–Kier alpha value is -3.40. The van der Waals surface area contributed by atoms with Crippen LogP contribution in [-0.2, 0) is 0 Å². The summed E-state index contributed by atoms with van der Waals surface area (Å²) in [5.41, 5.74) is 5.69. The molecule has 0 aromatic carbocycles. The summed E-state index contributed by atoms with van der Waals surface area (Å²) < 4.78 is 0. The molecule has 0 bridgehead atoms. The van der Waals surface area contributed by atoms with Crippen LogP contribution in [0.5, 0.6) is 0 Å². The predicted octanol–water partition coefficient (Wildman–Crippen LogP) is 4.27. The largest absolute Gasteiger partial charge is 0.264 e. The molecule has 4 aromatic heterocycles. The van der Waals surface area contributed by atoms with Crippen molar-refractivity contribution in [1.82, 2.24) is 19.9 Å². The first-order chi connectivity index (χ1) is 11.9. The molecule has 0 fully saturated rings. The first kappa shape index (κ1) is 14.2. The van der Waals surface area contributed by atoms with Crippen LogP contribution in [0.25, 0.3) is 33.8 Å². The summed E-state index contributed by atoms with van der Waals surface area (Å²) in [6.07, 6.45) is 9.02. The average Bonchev–Trinajstić information content (AvgIpc) is 2.70. The fraction of sp³-hybridized carbons (Fsp3) is 0. The van der Waals surface area contributed by atoms with E-state index in [0.717, 1.165) is 33.8 Å². The third-order valence-electron chi connectivity index (χ3n) is 3.74. The molecule has 0 radical (unpaired) electrons. The van der Waals surface area contributed by atoms with Crippen LogP contribution in [0, 0.1) is 0 Å². The SMILES string of the molecule is c1ccc(-c2ccc(-c3ccc(-c4cccnc4)nc3)nc2)nc1. The topological polar surface area (TPSA) is 51.6 Å². The first-order valence-electron chi connectivity index (χ1n) is 7.64. The number of rotatable bonds is 3. The van der Waals surface area contributed by atoms with Crippen molar-refractivity contribution in [2.24, 2.45) is 0 Å². The molecule has 0 amide bonds. The van der Waals surface area contributed by atoms with E-state index < -0.39 is 0 Å². The summed E-state index contributed by atoms with van der Waals surface area (Å²) in [5.74, 6) is 0. The monoisotopic (exact) mass is 310 g/mol. The summed E-state index contributed by atoms with van der Waals surface area (Å²) in [5, 5.41) is 0. The Morgan fingerprint density at radius 2 is 1.12 bits per heavy atom. The van der Waals surface area contributed by atoms with Crippen LogP contribution in [0.1, 0.15) is 0 Å². The van der Waals surface area contributed by atoms with E-state index in [1.807, 2.05) is 73.2 Å². The van der Waals surface area contributed by atoms with Crippen molar-refractivity contribution in [3.05, 3.63) is 85.6 Å². The second kappa shape index (κ2) is 6.38. The molecule has 0 unspecified atom stereocenters. The van der Waals surface area contributed by atoms with Gasteiger partial charge in [0.1, 0.15) is 0 Å². The zero-order valence-electron chi connectivity index (χ0n) is 12.9. The Kier molecular flexibility index (Phi) is 3.78. The van der Waals surface area contributed by atoms with Crippen LogP contribution in [0.3, 0.4) is 0 Å². The number of nitrogens with zero attached hydrogens (tertiary/aromatic N) is 4. The van der Waals surface area contributed by atoms with Gasteiger partial charge in [0.25, 0.3) is 0 Å². The Morgan fingerprint density at radius 1 is 0.458 bits per heavy atom. The van der Waals surface area contributed by atoms with E-state index >= 15 is 0 Å². The molecule has 0 aliphatic rings. The lowest BCUT2D eigenvalue weighted by Gasteiger charge is -2.05. The lowest BCUT2D eigenvalue weighted by Crippen LogP contribution is -1.89. The zero-order valence-corrected chi connectivity index (χ0v) is 12.9. The minimum atomic E-state index is 0.889. The van der Waals surface area contributed by atoms with Gasteiger partial charge in [0.15, 0.2) is 0 Å². The van der Waals surface area contributed by atoms with E-state index in [4.69, 9.17) is 0 Å². The van der Waals surface area contributed by atoms with Gasteiger partial charge in [-0.05, 0) is 48.5 Å². The molecule has 4 aromatic rings. The lowest BCUT2D eigenvalue weighted by atomic mass is 10.1. The molecule has 4 nitrogen and oxygen atoms in total. The molecule has 0 saturated heterocycles. The van der Waals surface area contributed by atoms with Crippen molar-refractivity contribution in [1.29, 1.82) is 0 Å². The normalized spacial score (nSPS) is 10.5. The van der Waals surface area contributed by atoms with Gasteiger partial charge in [-0.2, -0.15) is 0 Å². The molecule has 0 atom stereocenters. The van der Waals surface area contributed by atoms with Gasteiger partial charge in [0.2, 0.25) is 0 Å². The second-order valence-electron chi connectivity index (χ2n) is 5.32. The van der Waals surface area contributed by atoms with Gasteiger partial charge < -0.3 is 0 Å². The molecule has 0 saturated carbocycles. The minimum Gasteiger partial charge on any atom is -0.264 e. The van der Waals surface area contributed by atoms with E-state index in [0.29, 0.717) is 0 Å². The van der Waals surface area contributed by atoms with Crippen molar-refractivity contribution >= 4 is 0 Å². The van der Waals surface area contributed by atoms with Gasteiger partial charge in [-0.1, -0.05) is 6.07 Å². The van der Waals surface area contributed by atoms with E-state index in [2.05, 4.69) is 19.9 Å². The molecule has 114 valence electrons. The van der Waals surface area contributed by atoms with E-state index in [1.54, 1.807) is 12.4 Å². The van der Waals surface area contributed by atoms with Gasteiger partial charge in [-0.3, -0.25) is 19.9 Å². The summed E-state index contributed by atoms with van der Waals surface area (Å²) >= 11 is 0. The maximum Gasteiger partial charge on any atom is 0.0717 e. The van der Waals surface area contributed by atoms with Gasteiger partial charge in [-0.25, -0.2) is 0 Å². The Bertz CT molecular complexity index is 838. The fourth-order valence-electron chi connectivity index (χ4n) is 2.48. The quantitative estimate of drug-likeness (QED) is 0.567.